The van der Waals surface area contributed by atoms with Crippen molar-refractivity contribution in [2.45, 2.75) is 39.4 Å². The van der Waals surface area contributed by atoms with Gasteiger partial charge in [-0.2, -0.15) is 17.7 Å². The van der Waals surface area contributed by atoms with Gasteiger partial charge >= 0.3 is 6.18 Å². The van der Waals surface area contributed by atoms with E-state index in [9.17, 15) is 13.2 Å². The first-order valence-electron chi connectivity index (χ1n) is 6.33. The van der Waals surface area contributed by atoms with Crippen molar-refractivity contribution in [3.8, 4) is 0 Å². The van der Waals surface area contributed by atoms with Crippen LogP contribution in [0, 0.1) is 13.8 Å². The summed E-state index contributed by atoms with van der Waals surface area (Å²) in [5, 5.41) is 13.7. The van der Waals surface area contributed by atoms with Gasteiger partial charge in [0.2, 0.25) is 0 Å². The molecular formula is C12H17F3N6. The van der Waals surface area contributed by atoms with Crippen LogP contribution in [0.4, 0.5) is 19.0 Å². The van der Waals surface area contributed by atoms with Gasteiger partial charge in [0.1, 0.15) is 5.82 Å². The van der Waals surface area contributed by atoms with Crippen molar-refractivity contribution in [2.24, 2.45) is 5.73 Å². The van der Waals surface area contributed by atoms with Crippen LogP contribution in [-0.4, -0.2) is 31.9 Å². The molecule has 0 aliphatic rings. The molecule has 0 aromatic carbocycles. The predicted molar refractivity (Wildman–Crippen MR) is 72.0 cm³/mol. The second kappa shape index (κ2) is 4.83. The number of aromatic nitrogens is 4. The van der Waals surface area contributed by atoms with E-state index in [0.717, 1.165) is 0 Å². The number of anilines is 1. The number of alkyl halides is 3. The molecule has 2 rings (SSSR count). The lowest BCUT2D eigenvalue weighted by Gasteiger charge is -2.20. The van der Waals surface area contributed by atoms with E-state index in [1.165, 1.54) is 0 Å². The fourth-order valence-corrected chi connectivity index (χ4v) is 1.78. The second-order valence-electron chi connectivity index (χ2n) is 5.70. The van der Waals surface area contributed by atoms with Crippen LogP contribution < -0.4 is 11.1 Å². The van der Waals surface area contributed by atoms with E-state index in [4.69, 9.17) is 5.73 Å². The lowest BCUT2D eigenvalue weighted by molar-refractivity contribution is -0.146. The Kier molecular flexibility index (Phi) is 3.56. The van der Waals surface area contributed by atoms with Crippen molar-refractivity contribution in [3.05, 3.63) is 17.0 Å². The summed E-state index contributed by atoms with van der Waals surface area (Å²) in [6.07, 6.45) is -4.61. The van der Waals surface area contributed by atoms with E-state index >= 15 is 0 Å². The highest BCUT2D eigenvalue weighted by molar-refractivity contribution is 5.58. The lowest BCUT2D eigenvalue weighted by Crippen LogP contribution is -2.40. The van der Waals surface area contributed by atoms with Crippen LogP contribution in [0.15, 0.2) is 0 Å². The monoisotopic (exact) mass is 302 g/mol. The third kappa shape index (κ3) is 3.07. The van der Waals surface area contributed by atoms with Crippen LogP contribution >= 0.6 is 0 Å². The molecule has 0 unspecified atom stereocenters. The highest BCUT2D eigenvalue weighted by atomic mass is 19.4. The summed E-state index contributed by atoms with van der Waals surface area (Å²) >= 11 is 0. The standard InChI is InChI=1S/C12H17F3N6/c1-6-7(2)9-18-19-10(12(13,14)15)21(9)20-8(6)17-5-11(3,4)16/h5,16H2,1-4H3,(H,17,20). The Labute approximate surface area is 119 Å². The third-order valence-electron chi connectivity index (χ3n) is 3.06. The largest absolute Gasteiger partial charge is 0.453 e. The van der Waals surface area contributed by atoms with Gasteiger partial charge in [-0.25, -0.2) is 0 Å². The van der Waals surface area contributed by atoms with Gasteiger partial charge in [0.05, 0.1) is 0 Å². The van der Waals surface area contributed by atoms with Crippen LogP contribution in [0.3, 0.4) is 0 Å². The summed E-state index contributed by atoms with van der Waals surface area (Å²) in [4.78, 5) is 0. The molecule has 0 bridgehead atoms. The quantitative estimate of drug-likeness (QED) is 0.905. The van der Waals surface area contributed by atoms with Crippen molar-refractivity contribution < 1.29 is 13.2 Å². The summed E-state index contributed by atoms with van der Waals surface area (Å²) in [6, 6.07) is 0. The van der Waals surface area contributed by atoms with Gasteiger partial charge in [0, 0.05) is 17.6 Å². The zero-order valence-corrected chi connectivity index (χ0v) is 12.2. The highest BCUT2D eigenvalue weighted by Crippen LogP contribution is 2.29. The van der Waals surface area contributed by atoms with E-state index in [1.807, 2.05) is 0 Å². The number of nitrogens with one attached hydrogen (secondary N) is 1. The number of nitrogens with two attached hydrogens (primary N) is 1. The Morgan fingerprint density at radius 2 is 1.76 bits per heavy atom. The van der Waals surface area contributed by atoms with Gasteiger partial charge < -0.3 is 11.1 Å². The molecule has 6 nitrogen and oxygen atoms in total. The SMILES string of the molecule is Cc1c(NCC(C)(C)N)nn2c(C(F)(F)F)nnc2c1C. The molecule has 0 radical (unpaired) electrons. The van der Waals surface area contributed by atoms with Crippen molar-refractivity contribution in [1.82, 2.24) is 19.8 Å². The van der Waals surface area contributed by atoms with Crippen LogP contribution in [0.25, 0.3) is 5.65 Å². The molecule has 0 spiro atoms. The average molecular weight is 302 g/mol. The summed E-state index contributed by atoms with van der Waals surface area (Å²) in [7, 11) is 0. The molecule has 0 saturated carbocycles. The molecule has 0 saturated heterocycles. The molecule has 0 aliphatic carbocycles. The minimum absolute atomic E-state index is 0.0948. The van der Waals surface area contributed by atoms with Crippen molar-refractivity contribution in [2.75, 3.05) is 11.9 Å². The lowest BCUT2D eigenvalue weighted by atomic mass is 10.1. The van der Waals surface area contributed by atoms with Gasteiger partial charge in [-0.3, -0.25) is 0 Å². The molecule has 0 fully saturated rings. The van der Waals surface area contributed by atoms with E-state index in [1.54, 1.807) is 27.7 Å². The third-order valence-corrected chi connectivity index (χ3v) is 3.06. The number of nitrogens with zero attached hydrogens (tertiary/aromatic N) is 4. The Bertz CT molecular complexity index is 668. The molecule has 116 valence electrons. The topological polar surface area (TPSA) is 81.1 Å². The maximum Gasteiger partial charge on any atom is 0.453 e. The van der Waals surface area contributed by atoms with Crippen LogP contribution in [-0.2, 0) is 6.18 Å². The number of aryl methyl sites for hydroxylation is 1. The molecule has 9 heteroatoms. The molecule has 0 atom stereocenters. The summed E-state index contributed by atoms with van der Waals surface area (Å²) in [5.74, 6) is -0.806. The zero-order chi connectivity index (χ0) is 16.0. The first-order chi connectivity index (χ1) is 9.50. The molecule has 2 aromatic rings. The summed E-state index contributed by atoms with van der Waals surface area (Å²) < 4.78 is 39.4. The van der Waals surface area contributed by atoms with Crippen LogP contribution in [0.1, 0.15) is 30.8 Å². The average Bonchev–Trinajstić information content (AvgIpc) is 2.74. The number of hydrogen-bond acceptors (Lipinski definition) is 5. The molecule has 2 aromatic heterocycles. The fraction of sp³-hybridized carbons (Fsp3) is 0.583. The van der Waals surface area contributed by atoms with Gasteiger partial charge in [0.15, 0.2) is 5.65 Å². The Morgan fingerprint density at radius 1 is 1.14 bits per heavy atom. The minimum atomic E-state index is -4.61. The van der Waals surface area contributed by atoms with Crippen molar-refractivity contribution in [1.29, 1.82) is 0 Å². The first-order valence-corrected chi connectivity index (χ1v) is 6.33. The Hall–Kier alpha value is -1.90. The maximum atomic E-state index is 12.9. The number of halogens is 3. The summed E-state index contributed by atoms with van der Waals surface area (Å²) in [6.45, 7) is 7.42. The van der Waals surface area contributed by atoms with E-state index in [-0.39, 0.29) is 5.65 Å². The van der Waals surface area contributed by atoms with Gasteiger partial charge in [-0.15, -0.1) is 15.3 Å². The summed E-state index contributed by atoms with van der Waals surface area (Å²) in [5.41, 5.74) is 6.74. The highest BCUT2D eigenvalue weighted by Gasteiger charge is 2.38. The molecule has 2 heterocycles. The zero-order valence-electron chi connectivity index (χ0n) is 12.2. The minimum Gasteiger partial charge on any atom is -0.367 e. The van der Waals surface area contributed by atoms with E-state index in [0.29, 0.717) is 28.0 Å². The van der Waals surface area contributed by atoms with Gasteiger partial charge in [0.25, 0.3) is 5.82 Å². The first kappa shape index (κ1) is 15.5. The normalized spacial score (nSPS) is 13.0. The number of rotatable bonds is 3. The molecule has 3 N–H and O–H groups in total. The molecule has 21 heavy (non-hydrogen) atoms. The maximum absolute atomic E-state index is 12.9. The van der Waals surface area contributed by atoms with E-state index in [2.05, 4.69) is 20.6 Å². The number of fused-ring (bicyclic) bond motifs is 1. The molecule has 0 aliphatic heterocycles. The predicted octanol–water partition coefficient (Wildman–Crippen LogP) is 1.91. The van der Waals surface area contributed by atoms with Crippen LogP contribution in [0.2, 0.25) is 0 Å². The Morgan fingerprint density at radius 3 is 2.29 bits per heavy atom. The van der Waals surface area contributed by atoms with Gasteiger partial charge in [-0.05, 0) is 33.3 Å². The van der Waals surface area contributed by atoms with Gasteiger partial charge in [-0.1, -0.05) is 0 Å². The van der Waals surface area contributed by atoms with Crippen LogP contribution in [0.5, 0.6) is 0 Å². The van der Waals surface area contributed by atoms with Crippen molar-refractivity contribution in [3.63, 3.8) is 0 Å². The number of hydrogen-bond donors (Lipinski definition) is 2. The van der Waals surface area contributed by atoms with Crippen molar-refractivity contribution >= 4 is 11.5 Å². The Balaban J connectivity index is 2.54. The smallest absolute Gasteiger partial charge is 0.367 e. The second-order valence-corrected chi connectivity index (χ2v) is 5.70. The fourth-order valence-electron chi connectivity index (χ4n) is 1.78. The molecule has 0 amide bonds. The molecular weight excluding hydrogens is 285 g/mol. The van der Waals surface area contributed by atoms with E-state index < -0.39 is 17.5 Å².